The summed E-state index contributed by atoms with van der Waals surface area (Å²) in [6, 6.07) is 18.7. The first kappa shape index (κ1) is 21.5. The van der Waals surface area contributed by atoms with Crippen LogP contribution in [-0.4, -0.2) is 43.6 Å². The Bertz CT molecular complexity index is 1460. The van der Waals surface area contributed by atoms with Crippen molar-refractivity contribution in [3.05, 3.63) is 106 Å². The Balaban J connectivity index is 1.44. The Labute approximate surface area is 204 Å². The highest BCUT2D eigenvalue weighted by Gasteiger charge is 2.39. The van der Waals surface area contributed by atoms with Gasteiger partial charge in [0.15, 0.2) is 0 Å². The van der Waals surface area contributed by atoms with Crippen LogP contribution >= 0.6 is 0 Å². The lowest BCUT2D eigenvalue weighted by Gasteiger charge is -2.32. The second-order valence-electron chi connectivity index (χ2n) is 8.80. The molecule has 0 aliphatic carbocycles. The number of hydrogen-bond acceptors (Lipinski definition) is 6. The summed E-state index contributed by atoms with van der Waals surface area (Å²) < 4.78 is 0. The molecule has 4 aromatic carbocycles. The van der Waals surface area contributed by atoms with Crippen LogP contribution in [-0.2, 0) is 13.1 Å². The van der Waals surface area contributed by atoms with Crippen molar-refractivity contribution in [3.63, 3.8) is 0 Å². The first-order valence-corrected chi connectivity index (χ1v) is 11.2. The second-order valence-corrected chi connectivity index (χ2v) is 8.80. The fourth-order valence-electron chi connectivity index (χ4n) is 4.94. The molecule has 6 rings (SSSR count). The van der Waals surface area contributed by atoms with E-state index in [1.165, 1.54) is 48.5 Å². The maximum atomic E-state index is 13.4. The lowest BCUT2D eigenvalue weighted by Crippen LogP contribution is -2.42. The highest BCUT2D eigenvalue weighted by Crippen LogP contribution is 2.38. The number of hydrogen-bond donors (Lipinski definition) is 2. The minimum Gasteiger partial charge on any atom is -0.508 e. The van der Waals surface area contributed by atoms with E-state index in [1.54, 1.807) is 24.3 Å². The summed E-state index contributed by atoms with van der Waals surface area (Å²) in [4.78, 5) is 55.7. The minimum atomic E-state index is -0.540. The number of benzene rings is 4. The van der Waals surface area contributed by atoms with E-state index in [4.69, 9.17) is 0 Å². The third-order valence-electron chi connectivity index (χ3n) is 6.57. The molecular weight excluding hydrogens is 460 g/mol. The number of carbonyl (C=O) groups excluding carboxylic acids is 4. The summed E-state index contributed by atoms with van der Waals surface area (Å²) in [6.45, 7) is -0.0713. The first-order valence-electron chi connectivity index (χ1n) is 11.2. The number of aromatic hydroxyl groups is 2. The molecule has 8 heteroatoms. The molecular formula is C28H18N2O6. The lowest BCUT2D eigenvalue weighted by atomic mass is 9.85. The molecule has 0 spiro atoms. The van der Waals surface area contributed by atoms with Gasteiger partial charge in [-0.3, -0.25) is 29.0 Å². The van der Waals surface area contributed by atoms with Crippen molar-refractivity contribution in [2.75, 3.05) is 0 Å². The van der Waals surface area contributed by atoms with E-state index in [0.29, 0.717) is 21.9 Å². The van der Waals surface area contributed by atoms with Gasteiger partial charge in [0.2, 0.25) is 0 Å². The van der Waals surface area contributed by atoms with E-state index < -0.39 is 23.6 Å². The van der Waals surface area contributed by atoms with Crippen molar-refractivity contribution in [1.29, 1.82) is 0 Å². The van der Waals surface area contributed by atoms with Crippen LogP contribution in [0.5, 0.6) is 11.5 Å². The molecule has 2 aliphatic heterocycles. The Morgan fingerprint density at radius 3 is 1.14 bits per heavy atom. The molecule has 2 N–H and O–H groups in total. The van der Waals surface area contributed by atoms with Gasteiger partial charge in [0.1, 0.15) is 11.5 Å². The number of phenolic OH excluding ortho intramolecular Hbond substituents is 2. The van der Waals surface area contributed by atoms with Crippen molar-refractivity contribution >= 4 is 34.4 Å². The predicted octanol–water partition coefficient (Wildman–Crippen LogP) is 3.84. The van der Waals surface area contributed by atoms with E-state index >= 15 is 0 Å². The Kier molecular flexibility index (Phi) is 4.65. The number of carbonyl (C=O) groups is 4. The van der Waals surface area contributed by atoms with Crippen molar-refractivity contribution in [3.8, 4) is 11.5 Å². The van der Waals surface area contributed by atoms with Gasteiger partial charge in [0.05, 0.1) is 13.1 Å². The summed E-state index contributed by atoms with van der Waals surface area (Å²) in [5, 5.41) is 20.1. The normalized spacial score (nSPS) is 14.7. The Morgan fingerprint density at radius 2 is 0.833 bits per heavy atom. The molecule has 0 aromatic heterocycles. The predicted molar refractivity (Wildman–Crippen MR) is 129 cm³/mol. The fraction of sp³-hybridized carbons (Fsp3) is 0.0714. The van der Waals surface area contributed by atoms with Gasteiger partial charge in [-0.1, -0.05) is 24.3 Å². The second kappa shape index (κ2) is 7.78. The molecule has 2 aliphatic rings. The molecule has 4 aromatic rings. The van der Waals surface area contributed by atoms with Crippen molar-refractivity contribution in [1.82, 2.24) is 9.80 Å². The highest BCUT2D eigenvalue weighted by molar-refractivity contribution is 6.33. The van der Waals surface area contributed by atoms with Gasteiger partial charge in [-0.15, -0.1) is 0 Å². The molecule has 0 radical (unpaired) electrons. The van der Waals surface area contributed by atoms with Gasteiger partial charge < -0.3 is 10.2 Å². The zero-order valence-electron chi connectivity index (χ0n) is 18.8. The average Bonchev–Trinajstić information content (AvgIpc) is 2.86. The SMILES string of the molecule is O=C1c2ccc3c4c(ccc(c24)C(=O)N1Cc1cccc(O)c1)C(=O)N(Cc1cccc(O)c1)C3=O. The van der Waals surface area contributed by atoms with Gasteiger partial charge in [-0.2, -0.15) is 0 Å². The zero-order valence-corrected chi connectivity index (χ0v) is 18.8. The summed E-state index contributed by atoms with van der Waals surface area (Å²) in [5.41, 5.74) is 2.08. The highest BCUT2D eigenvalue weighted by atomic mass is 16.3. The molecule has 8 nitrogen and oxygen atoms in total. The van der Waals surface area contributed by atoms with Crippen molar-refractivity contribution < 1.29 is 29.4 Å². The smallest absolute Gasteiger partial charge is 0.261 e. The molecule has 0 unspecified atom stereocenters. The number of nitrogens with zero attached hydrogens (tertiary/aromatic N) is 2. The molecule has 0 saturated heterocycles. The van der Waals surface area contributed by atoms with Gasteiger partial charge >= 0.3 is 0 Å². The van der Waals surface area contributed by atoms with Gasteiger partial charge in [-0.05, 0) is 59.7 Å². The third-order valence-corrected chi connectivity index (χ3v) is 6.57. The summed E-state index contributed by atoms with van der Waals surface area (Å²) in [6.07, 6.45) is 0. The van der Waals surface area contributed by atoms with Crippen LogP contribution in [0.25, 0.3) is 10.8 Å². The molecule has 2 heterocycles. The van der Waals surface area contributed by atoms with Crippen LogP contribution in [0.1, 0.15) is 52.6 Å². The van der Waals surface area contributed by atoms with E-state index in [2.05, 4.69) is 0 Å². The maximum Gasteiger partial charge on any atom is 0.261 e. The Hall–Kier alpha value is -4.98. The van der Waals surface area contributed by atoms with Crippen LogP contribution in [0.2, 0.25) is 0 Å². The van der Waals surface area contributed by atoms with Crippen LogP contribution < -0.4 is 0 Å². The van der Waals surface area contributed by atoms with Gasteiger partial charge in [-0.25, -0.2) is 0 Å². The number of amides is 4. The fourth-order valence-corrected chi connectivity index (χ4v) is 4.94. The first-order chi connectivity index (χ1) is 17.3. The molecule has 0 atom stereocenters. The van der Waals surface area contributed by atoms with E-state index in [0.717, 1.165) is 9.80 Å². The lowest BCUT2D eigenvalue weighted by molar-refractivity contribution is 0.0577. The quantitative estimate of drug-likeness (QED) is 0.431. The molecule has 0 saturated carbocycles. The van der Waals surface area contributed by atoms with Crippen LogP contribution in [0.4, 0.5) is 0 Å². The average molecular weight is 478 g/mol. The topological polar surface area (TPSA) is 115 Å². The van der Waals surface area contributed by atoms with E-state index in [1.807, 2.05) is 0 Å². The number of phenols is 2. The molecule has 36 heavy (non-hydrogen) atoms. The minimum absolute atomic E-state index is 0.0237. The molecule has 0 fully saturated rings. The standard InChI is InChI=1S/C28H18N2O6/c31-17-5-1-3-15(11-17)13-29-25(33)19-7-9-21-24-22(10-8-20(23(19)24)26(29)34)28(36)30(27(21)35)14-16-4-2-6-18(32)12-16/h1-12,31-32H,13-14H2. The van der Waals surface area contributed by atoms with Crippen LogP contribution in [0.3, 0.4) is 0 Å². The monoisotopic (exact) mass is 478 g/mol. The van der Waals surface area contributed by atoms with Gasteiger partial charge in [0, 0.05) is 33.0 Å². The van der Waals surface area contributed by atoms with Crippen molar-refractivity contribution in [2.24, 2.45) is 0 Å². The van der Waals surface area contributed by atoms with E-state index in [-0.39, 0.29) is 46.8 Å². The largest absolute Gasteiger partial charge is 0.508 e. The summed E-state index contributed by atoms with van der Waals surface area (Å²) in [7, 11) is 0. The van der Waals surface area contributed by atoms with Crippen molar-refractivity contribution in [2.45, 2.75) is 13.1 Å². The van der Waals surface area contributed by atoms with Crippen LogP contribution in [0.15, 0.2) is 72.8 Å². The third kappa shape index (κ3) is 3.15. The Morgan fingerprint density at radius 1 is 0.500 bits per heavy atom. The van der Waals surface area contributed by atoms with Crippen LogP contribution in [0, 0.1) is 0 Å². The molecule has 0 bridgehead atoms. The number of rotatable bonds is 4. The summed E-state index contributed by atoms with van der Waals surface area (Å²) in [5.74, 6) is -2.11. The molecule has 176 valence electrons. The summed E-state index contributed by atoms with van der Waals surface area (Å²) >= 11 is 0. The maximum absolute atomic E-state index is 13.4. The van der Waals surface area contributed by atoms with Gasteiger partial charge in [0.25, 0.3) is 23.6 Å². The zero-order chi connectivity index (χ0) is 25.1. The number of imide groups is 2. The molecule has 4 amide bonds. The van der Waals surface area contributed by atoms with E-state index in [9.17, 15) is 29.4 Å².